The number of aliphatic hydroxyl groups is 1. The third-order valence-electron chi connectivity index (χ3n) is 5.93. The molecule has 0 bridgehead atoms. The van der Waals surface area contributed by atoms with Crippen molar-refractivity contribution in [3.05, 3.63) is 59.9 Å². The molecular weight excluding hydrogens is 465 g/mol. The molecule has 11 heteroatoms. The Balaban J connectivity index is 1.44. The number of aromatic amines is 1. The fourth-order valence-corrected chi connectivity index (χ4v) is 5.34. The van der Waals surface area contributed by atoms with E-state index in [0.717, 1.165) is 27.6 Å². The quantitative estimate of drug-likeness (QED) is 0.302. The van der Waals surface area contributed by atoms with E-state index in [1.165, 1.54) is 0 Å². The van der Waals surface area contributed by atoms with Crippen molar-refractivity contribution in [1.82, 2.24) is 24.8 Å². The maximum absolute atomic E-state index is 12.8. The first kappa shape index (κ1) is 23.0. The molecule has 0 unspecified atom stereocenters. The van der Waals surface area contributed by atoms with Gasteiger partial charge in [0.25, 0.3) is 0 Å². The minimum Gasteiger partial charge on any atom is -0.387 e. The minimum absolute atomic E-state index is 0.283. The molecule has 4 aromatic rings. The van der Waals surface area contributed by atoms with Crippen LogP contribution in [-0.2, 0) is 22.3 Å². The summed E-state index contributed by atoms with van der Waals surface area (Å²) in [6.07, 6.45) is 2.39. The van der Waals surface area contributed by atoms with Crippen molar-refractivity contribution in [3.63, 3.8) is 0 Å². The van der Waals surface area contributed by atoms with E-state index in [1.54, 1.807) is 24.4 Å². The molecule has 1 aliphatic rings. The topological polar surface area (TPSA) is 136 Å². The van der Waals surface area contributed by atoms with Gasteiger partial charge in [0.1, 0.15) is 31.0 Å². The third kappa shape index (κ3) is 4.76. The van der Waals surface area contributed by atoms with Gasteiger partial charge in [0.05, 0.1) is 11.1 Å². The fraction of sp³-hybridized carbons (Fsp3) is 0.250. The molecule has 1 aliphatic heterocycles. The van der Waals surface area contributed by atoms with Crippen molar-refractivity contribution >= 4 is 52.7 Å². The van der Waals surface area contributed by atoms with Gasteiger partial charge in [-0.05, 0) is 43.2 Å². The second-order valence-corrected chi connectivity index (χ2v) is 12.0. The molecule has 1 amide bonds. The number of aromatic nitrogens is 4. The first-order chi connectivity index (χ1) is 16.8. The molecule has 5 rings (SSSR count). The number of hydrogen-bond donors (Lipinski definition) is 4. The summed E-state index contributed by atoms with van der Waals surface area (Å²) in [5.41, 5.74) is 3.23. The number of H-pyrrole nitrogens is 1. The van der Waals surface area contributed by atoms with E-state index in [4.69, 9.17) is 10.1 Å². The average molecular weight is 491 g/mol. The zero-order valence-corrected chi connectivity index (χ0v) is 20.3. The molecule has 0 aliphatic carbocycles. The van der Waals surface area contributed by atoms with E-state index in [1.807, 2.05) is 42.5 Å². The molecule has 35 heavy (non-hydrogen) atoms. The first-order valence-electron chi connectivity index (χ1n) is 11.2. The van der Waals surface area contributed by atoms with Crippen LogP contribution in [0.3, 0.4) is 0 Å². The molecule has 0 saturated heterocycles. The van der Waals surface area contributed by atoms with Gasteiger partial charge in [-0.2, -0.15) is 9.97 Å². The predicted octanol–water partition coefficient (Wildman–Crippen LogP) is 2.97. The van der Waals surface area contributed by atoms with Crippen LogP contribution in [0.25, 0.3) is 11.0 Å². The molecule has 0 spiro atoms. The number of nitrogens with zero attached hydrogens (tertiary/aromatic N) is 4. The number of rotatable bonds is 6. The average Bonchev–Trinajstić information content (AvgIpc) is 3.32. The fourth-order valence-electron chi connectivity index (χ4n) is 4.18. The van der Waals surface area contributed by atoms with Crippen molar-refractivity contribution < 1.29 is 14.5 Å². The van der Waals surface area contributed by atoms with E-state index >= 15 is 0 Å². The second-order valence-electron chi connectivity index (χ2n) is 8.78. The number of benzene rings is 1. The Bertz CT molecular complexity index is 1460. The summed E-state index contributed by atoms with van der Waals surface area (Å²) < 4.78 is 12.8. The number of aliphatic hydroxyl groups excluding tert-OH is 1. The van der Waals surface area contributed by atoms with Crippen LogP contribution in [0.4, 0.5) is 23.3 Å². The molecule has 0 saturated carbocycles. The maximum Gasteiger partial charge on any atom is 0.248 e. The van der Waals surface area contributed by atoms with Crippen LogP contribution in [0.1, 0.15) is 11.3 Å². The smallest absolute Gasteiger partial charge is 0.248 e. The Labute approximate surface area is 202 Å². The lowest BCUT2D eigenvalue weighted by molar-refractivity contribution is -0.135. The van der Waals surface area contributed by atoms with Crippen LogP contribution in [0.2, 0.25) is 0 Å². The number of para-hydroxylation sites is 1. The van der Waals surface area contributed by atoms with Gasteiger partial charge in [-0.3, -0.25) is 4.79 Å². The first-order valence-corrected chi connectivity index (χ1v) is 13.8. The van der Waals surface area contributed by atoms with Crippen LogP contribution in [0.15, 0.2) is 48.7 Å². The lowest BCUT2D eigenvalue weighted by Gasteiger charge is -2.28. The highest BCUT2D eigenvalue weighted by Gasteiger charge is 2.22. The molecule has 0 fully saturated rings. The standard InChI is InChI=1S/C24H26N7O3P/c1-35(2,34)19-6-4-3-5-18(19)27-23-16-9-11-25-22(16)29-24(30-23)28-20-8-7-15-13-31(21(33)14-32)12-10-17(15)26-20/h3-9,11,32H,10,12-14H2,1-2H3,(H3,25,26,27,28,29,30). The summed E-state index contributed by atoms with van der Waals surface area (Å²) in [5.74, 6) is 1.25. The normalized spacial score (nSPS) is 13.5. The van der Waals surface area contributed by atoms with Crippen molar-refractivity contribution in [2.45, 2.75) is 13.0 Å². The summed E-state index contributed by atoms with van der Waals surface area (Å²) in [6, 6.07) is 13.1. The van der Waals surface area contributed by atoms with Gasteiger partial charge < -0.3 is 30.2 Å². The van der Waals surface area contributed by atoms with E-state index in [9.17, 15) is 9.36 Å². The SMILES string of the molecule is CP(C)(=O)c1ccccc1Nc1nc(Nc2ccc3c(n2)CCN(C(=O)CO)C3)nc2[nH]ccc12. The lowest BCUT2D eigenvalue weighted by Crippen LogP contribution is -2.37. The number of carbonyl (C=O) groups excluding carboxylic acids is 1. The highest BCUT2D eigenvalue weighted by molar-refractivity contribution is 7.70. The molecule has 180 valence electrons. The van der Waals surface area contributed by atoms with Crippen LogP contribution >= 0.6 is 7.14 Å². The molecule has 4 heterocycles. The van der Waals surface area contributed by atoms with Crippen molar-refractivity contribution in [3.8, 4) is 0 Å². The highest BCUT2D eigenvalue weighted by Crippen LogP contribution is 2.38. The zero-order valence-electron chi connectivity index (χ0n) is 19.4. The van der Waals surface area contributed by atoms with Crippen molar-refractivity contribution in [1.29, 1.82) is 0 Å². The van der Waals surface area contributed by atoms with Crippen LogP contribution < -0.4 is 15.9 Å². The monoisotopic (exact) mass is 491 g/mol. The zero-order chi connectivity index (χ0) is 24.6. The van der Waals surface area contributed by atoms with Gasteiger partial charge >= 0.3 is 0 Å². The van der Waals surface area contributed by atoms with Gasteiger partial charge in [-0.15, -0.1) is 0 Å². The summed E-state index contributed by atoms with van der Waals surface area (Å²) in [4.78, 5) is 30.5. The Kier molecular flexibility index (Phi) is 6.00. The number of anilines is 4. The predicted molar refractivity (Wildman–Crippen MR) is 136 cm³/mol. The van der Waals surface area contributed by atoms with E-state index in [0.29, 0.717) is 42.7 Å². The lowest BCUT2D eigenvalue weighted by atomic mass is 10.1. The van der Waals surface area contributed by atoms with Gasteiger partial charge in [0.2, 0.25) is 11.9 Å². The summed E-state index contributed by atoms with van der Waals surface area (Å²) >= 11 is 0. The summed E-state index contributed by atoms with van der Waals surface area (Å²) in [6.45, 7) is 3.94. The Morgan fingerprint density at radius 1 is 1.11 bits per heavy atom. The van der Waals surface area contributed by atoms with Gasteiger partial charge in [0, 0.05) is 36.7 Å². The van der Waals surface area contributed by atoms with Crippen LogP contribution in [0, 0.1) is 0 Å². The second kappa shape index (κ2) is 9.13. The molecular formula is C24H26N7O3P. The number of carbonyl (C=O) groups is 1. The number of fused-ring (bicyclic) bond motifs is 2. The molecule has 0 radical (unpaired) electrons. The minimum atomic E-state index is -2.51. The number of nitrogens with one attached hydrogen (secondary N) is 3. The third-order valence-corrected chi connectivity index (χ3v) is 7.48. The van der Waals surface area contributed by atoms with Gasteiger partial charge in [0.15, 0.2) is 0 Å². The number of pyridine rings is 1. The summed E-state index contributed by atoms with van der Waals surface area (Å²) in [7, 11) is -2.51. The molecule has 10 nitrogen and oxygen atoms in total. The maximum atomic E-state index is 12.8. The Hall–Kier alpha value is -3.75. The molecule has 3 aromatic heterocycles. The molecule has 4 N–H and O–H groups in total. The Morgan fingerprint density at radius 2 is 1.94 bits per heavy atom. The Morgan fingerprint density at radius 3 is 2.74 bits per heavy atom. The summed E-state index contributed by atoms with van der Waals surface area (Å²) in [5, 5.41) is 17.2. The van der Waals surface area contributed by atoms with E-state index in [-0.39, 0.29) is 5.91 Å². The highest BCUT2D eigenvalue weighted by atomic mass is 31.2. The molecule has 1 aromatic carbocycles. The van der Waals surface area contributed by atoms with E-state index < -0.39 is 13.7 Å². The van der Waals surface area contributed by atoms with Crippen molar-refractivity contribution in [2.75, 3.05) is 37.1 Å². The van der Waals surface area contributed by atoms with Gasteiger partial charge in [-0.1, -0.05) is 18.2 Å². The largest absolute Gasteiger partial charge is 0.387 e. The number of amides is 1. The van der Waals surface area contributed by atoms with E-state index in [2.05, 4.69) is 25.6 Å². The molecule has 0 atom stereocenters. The van der Waals surface area contributed by atoms with Crippen molar-refractivity contribution in [2.24, 2.45) is 0 Å². The van der Waals surface area contributed by atoms with Crippen LogP contribution in [0.5, 0.6) is 0 Å². The van der Waals surface area contributed by atoms with Gasteiger partial charge in [-0.25, -0.2) is 4.98 Å². The van der Waals surface area contributed by atoms with Crippen LogP contribution in [-0.4, -0.2) is 62.3 Å². The number of hydrogen-bond acceptors (Lipinski definition) is 8.